The topological polar surface area (TPSA) is 58.2 Å². The highest BCUT2D eigenvalue weighted by molar-refractivity contribution is 7.91. The Balaban J connectivity index is 2.07. The van der Waals surface area contributed by atoms with Gasteiger partial charge in [0.2, 0.25) is 10.0 Å². The first-order valence-electron chi connectivity index (χ1n) is 7.79. The quantitative estimate of drug-likeness (QED) is 0.872. The maximum absolute atomic E-state index is 12.5. The van der Waals surface area contributed by atoms with E-state index in [9.17, 15) is 8.42 Å². The second kappa shape index (κ2) is 7.72. The summed E-state index contributed by atoms with van der Waals surface area (Å²) in [5.74, 6) is 0. The van der Waals surface area contributed by atoms with Gasteiger partial charge in [-0.2, -0.15) is 0 Å². The lowest BCUT2D eigenvalue weighted by atomic mass is 9.97. The Morgan fingerprint density at radius 1 is 1.19 bits per heavy atom. The van der Waals surface area contributed by atoms with Gasteiger partial charge in [0, 0.05) is 17.5 Å². The highest BCUT2D eigenvalue weighted by atomic mass is 32.2. The Morgan fingerprint density at radius 3 is 2.43 bits per heavy atom. The second-order valence-electron chi connectivity index (χ2n) is 5.87. The molecule has 0 radical (unpaired) electrons. The third kappa shape index (κ3) is 4.77. The van der Waals surface area contributed by atoms with Crippen LogP contribution in [0.3, 0.4) is 0 Å². The molecule has 0 aliphatic heterocycles. The Bertz CT molecular complexity index is 544. The van der Waals surface area contributed by atoms with Gasteiger partial charge < -0.3 is 5.32 Å². The van der Waals surface area contributed by atoms with E-state index >= 15 is 0 Å². The fourth-order valence-corrected chi connectivity index (χ4v) is 5.73. The van der Waals surface area contributed by atoms with Gasteiger partial charge in [-0.3, -0.25) is 0 Å². The predicted octanol–water partition coefficient (Wildman–Crippen LogP) is 3.17. The van der Waals surface area contributed by atoms with E-state index in [2.05, 4.69) is 10.0 Å². The maximum Gasteiger partial charge on any atom is 0.250 e. The van der Waals surface area contributed by atoms with Gasteiger partial charge in [-0.25, -0.2) is 13.1 Å². The fourth-order valence-electron chi connectivity index (χ4n) is 2.81. The molecule has 1 fully saturated rings. The molecule has 1 aliphatic carbocycles. The van der Waals surface area contributed by atoms with E-state index < -0.39 is 10.0 Å². The molecule has 0 unspecified atom stereocenters. The van der Waals surface area contributed by atoms with Crippen molar-refractivity contribution < 1.29 is 8.42 Å². The van der Waals surface area contributed by atoms with E-state index in [0.29, 0.717) is 4.21 Å². The first-order valence-corrected chi connectivity index (χ1v) is 10.1. The van der Waals surface area contributed by atoms with Crippen LogP contribution in [0.2, 0.25) is 0 Å². The molecule has 0 bridgehead atoms. The lowest BCUT2D eigenvalue weighted by molar-refractivity contribution is 0.427. The normalized spacial score (nSPS) is 18.4. The molecule has 4 nitrogen and oxygen atoms in total. The standard InChI is InChI=1S/C15H26N2O2S2/c1-12-10-15(20-14(12)11-16-2)21(18,19)17-13-8-6-4-3-5-7-9-13/h10,13,16-17H,3-9,11H2,1-2H3. The van der Waals surface area contributed by atoms with Crippen molar-refractivity contribution in [2.24, 2.45) is 0 Å². The zero-order valence-electron chi connectivity index (χ0n) is 12.9. The van der Waals surface area contributed by atoms with E-state index in [0.717, 1.165) is 42.7 Å². The maximum atomic E-state index is 12.5. The number of hydrogen-bond acceptors (Lipinski definition) is 4. The first kappa shape index (κ1) is 16.9. The molecule has 0 saturated heterocycles. The van der Waals surface area contributed by atoms with Crippen LogP contribution < -0.4 is 10.0 Å². The van der Waals surface area contributed by atoms with Gasteiger partial charge in [0.15, 0.2) is 0 Å². The summed E-state index contributed by atoms with van der Waals surface area (Å²) in [6.45, 7) is 2.69. The van der Waals surface area contributed by atoms with Crippen molar-refractivity contribution in [1.29, 1.82) is 0 Å². The van der Waals surface area contributed by atoms with E-state index in [-0.39, 0.29) is 6.04 Å². The summed E-state index contributed by atoms with van der Waals surface area (Å²) >= 11 is 1.38. The minimum absolute atomic E-state index is 0.102. The van der Waals surface area contributed by atoms with Crippen LogP contribution in [0, 0.1) is 6.92 Å². The number of nitrogens with one attached hydrogen (secondary N) is 2. The van der Waals surface area contributed by atoms with Crippen LogP contribution in [0.15, 0.2) is 10.3 Å². The molecule has 21 heavy (non-hydrogen) atoms. The van der Waals surface area contributed by atoms with Gasteiger partial charge in [0.25, 0.3) is 0 Å². The summed E-state index contributed by atoms with van der Waals surface area (Å²) in [5.41, 5.74) is 1.05. The first-order chi connectivity index (χ1) is 10.0. The van der Waals surface area contributed by atoms with Crippen LogP contribution in [0.5, 0.6) is 0 Å². The smallest absolute Gasteiger partial charge is 0.250 e. The van der Waals surface area contributed by atoms with Crippen molar-refractivity contribution >= 4 is 21.4 Å². The van der Waals surface area contributed by atoms with Gasteiger partial charge in [-0.1, -0.05) is 32.1 Å². The number of rotatable bonds is 5. The van der Waals surface area contributed by atoms with Crippen LogP contribution in [-0.4, -0.2) is 21.5 Å². The number of hydrogen-bond donors (Lipinski definition) is 2. The van der Waals surface area contributed by atoms with E-state index in [1.807, 2.05) is 14.0 Å². The highest BCUT2D eigenvalue weighted by Gasteiger charge is 2.23. The molecule has 2 N–H and O–H groups in total. The summed E-state index contributed by atoms with van der Waals surface area (Å²) in [7, 11) is -1.49. The monoisotopic (exact) mass is 330 g/mol. The van der Waals surface area contributed by atoms with Gasteiger partial charge in [0.1, 0.15) is 4.21 Å². The van der Waals surface area contributed by atoms with Crippen molar-refractivity contribution in [2.75, 3.05) is 7.05 Å². The van der Waals surface area contributed by atoms with Crippen molar-refractivity contribution in [2.45, 2.75) is 68.7 Å². The zero-order chi connectivity index (χ0) is 15.3. The van der Waals surface area contributed by atoms with Gasteiger partial charge in [-0.15, -0.1) is 11.3 Å². The molecule has 0 atom stereocenters. The third-order valence-electron chi connectivity index (χ3n) is 4.03. The molecular formula is C15H26N2O2S2. The Kier molecular flexibility index (Phi) is 6.22. The number of sulfonamides is 1. The molecule has 120 valence electrons. The van der Waals surface area contributed by atoms with E-state index in [1.165, 1.54) is 30.6 Å². The average molecular weight is 331 g/mol. The molecular weight excluding hydrogens is 304 g/mol. The number of thiophene rings is 1. The third-order valence-corrected chi connectivity index (χ3v) is 7.26. The lowest BCUT2D eigenvalue weighted by Crippen LogP contribution is -2.34. The molecule has 0 aromatic carbocycles. The van der Waals surface area contributed by atoms with Crippen LogP contribution in [0.4, 0.5) is 0 Å². The molecule has 1 aromatic heterocycles. The Labute approximate surface area is 132 Å². The molecule has 1 heterocycles. The second-order valence-corrected chi connectivity index (χ2v) is 8.94. The molecule has 1 aromatic rings. The predicted molar refractivity (Wildman–Crippen MR) is 88.2 cm³/mol. The highest BCUT2D eigenvalue weighted by Crippen LogP contribution is 2.27. The summed E-state index contributed by atoms with van der Waals surface area (Å²) < 4.78 is 28.5. The molecule has 1 aliphatic rings. The van der Waals surface area contributed by atoms with Crippen molar-refractivity contribution in [3.05, 3.63) is 16.5 Å². The molecule has 2 rings (SSSR count). The van der Waals surface area contributed by atoms with E-state index in [1.54, 1.807) is 6.07 Å². The summed E-state index contributed by atoms with van der Waals surface area (Å²) in [6, 6.07) is 1.90. The largest absolute Gasteiger partial charge is 0.315 e. The zero-order valence-corrected chi connectivity index (χ0v) is 14.6. The molecule has 0 amide bonds. The van der Waals surface area contributed by atoms with E-state index in [4.69, 9.17) is 0 Å². The van der Waals surface area contributed by atoms with Gasteiger partial charge in [-0.05, 0) is 38.4 Å². The minimum Gasteiger partial charge on any atom is -0.315 e. The summed E-state index contributed by atoms with van der Waals surface area (Å²) in [4.78, 5) is 1.09. The van der Waals surface area contributed by atoms with Crippen LogP contribution in [0.1, 0.15) is 55.4 Å². The molecule has 1 saturated carbocycles. The van der Waals surface area contributed by atoms with Gasteiger partial charge >= 0.3 is 0 Å². The average Bonchev–Trinajstić information content (AvgIpc) is 2.76. The minimum atomic E-state index is -3.37. The molecule has 0 spiro atoms. The SMILES string of the molecule is CNCc1sc(S(=O)(=O)NC2CCCCCCC2)cc1C. The van der Waals surface area contributed by atoms with Crippen molar-refractivity contribution in [3.63, 3.8) is 0 Å². The summed E-state index contributed by atoms with van der Waals surface area (Å²) in [6.07, 6.45) is 7.92. The fraction of sp³-hybridized carbons (Fsp3) is 0.733. The Hall–Kier alpha value is -0.430. The van der Waals surface area contributed by atoms with Crippen LogP contribution in [0.25, 0.3) is 0 Å². The van der Waals surface area contributed by atoms with Crippen molar-refractivity contribution in [3.8, 4) is 0 Å². The van der Waals surface area contributed by atoms with Gasteiger partial charge in [0.05, 0.1) is 0 Å². The lowest BCUT2D eigenvalue weighted by Gasteiger charge is -2.20. The Morgan fingerprint density at radius 2 is 1.81 bits per heavy atom. The van der Waals surface area contributed by atoms with Crippen LogP contribution >= 0.6 is 11.3 Å². The van der Waals surface area contributed by atoms with Crippen molar-refractivity contribution in [1.82, 2.24) is 10.0 Å². The molecule has 6 heteroatoms. The summed E-state index contributed by atoms with van der Waals surface area (Å²) in [5, 5.41) is 3.08. The van der Waals surface area contributed by atoms with Crippen LogP contribution in [-0.2, 0) is 16.6 Å². The number of aryl methyl sites for hydroxylation is 1.